The van der Waals surface area contributed by atoms with E-state index in [9.17, 15) is 43.2 Å². The lowest BCUT2D eigenvalue weighted by atomic mass is 10.1. The molecule has 5 unspecified atom stereocenters. The Morgan fingerprint density at radius 2 is 0.510 bits per heavy atom. The lowest BCUT2D eigenvalue weighted by Crippen LogP contribution is -2.30. The number of unbranched alkanes of at least 4 members (excludes halogenated alkanes) is 16. The van der Waals surface area contributed by atoms with Crippen LogP contribution >= 0.6 is 15.6 Å². The Bertz CT molecular complexity index is 2690. The molecule has 0 amide bonds. The third-order valence-electron chi connectivity index (χ3n) is 15.4. The van der Waals surface area contributed by atoms with E-state index in [4.69, 9.17) is 37.0 Å². The van der Waals surface area contributed by atoms with E-state index >= 15 is 0 Å². The van der Waals surface area contributed by atoms with Crippen molar-refractivity contribution >= 4 is 39.5 Å². The molecule has 0 saturated heterocycles. The summed E-state index contributed by atoms with van der Waals surface area (Å²) in [4.78, 5) is 72.9. The van der Waals surface area contributed by atoms with Crippen LogP contribution < -0.4 is 0 Å². The first kappa shape index (κ1) is 98.2. The van der Waals surface area contributed by atoms with Crippen molar-refractivity contribution < 1.29 is 80.2 Å². The van der Waals surface area contributed by atoms with Crippen molar-refractivity contribution in [1.29, 1.82) is 0 Å². The highest BCUT2D eigenvalue weighted by molar-refractivity contribution is 7.47. The maximum Gasteiger partial charge on any atom is 0.472 e. The van der Waals surface area contributed by atoms with Gasteiger partial charge in [-0.1, -0.05) is 274 Å². The van der Waals surface area contributed by atoms with Crippen molar-refractivity contribution in [1.82, 2.24) is 0 Å². The number of carbonyl (C=O) groups excluding carboxylic acids is 4. The molecule has 0 heterocycles. The monoisotopic (exact) mass is 1490 g/mol. The van der Waals surface area contributed by atoms with Crippen LogP contribution in [0.3, 0.4) is 0 Å². The number of hydrogen-bond acceptors (Lipinski definition) is 15. The molecule has 19 heteroatoms. The van der Waals surface area contributed by atoms with Gasteiger partial charge < -0.3 is 33.8 Å². The van der Waals surface area contributed by atoms with Crippen LogP contribution in [0.4, 0.5) is 0 Å². The fourth-order valence-corrected chi connectivity index (χ4v) is 11.2. The van der Waals surface area contributed by atoms with E-state index in [1.807, 2.05) is 12.2 Å². The highest BCUT2D eigenvalue weighted by atomic mass is 31.2. The summed E-state index contributed by atoms with van der Waals surface area (Å²) < 4.78 is 68.4. The van der Waals surface area contributed by atoms with Gasteiger partial charge in [-0.05, 0) is 154 Å². The van der Waals surface area contributed by atoms with Crippen LogP contribution in [0.1, 0.15) is 272 Å². The largest absolute Gasteiger partial charge is 0.472 e. The predicted molar refractivity (Wildman–Crippen MR) is 426 cm³/mol. The topological polar surface area (TPSA) is 237 Å². The lowest BCUT2D eigenvalue weighted by molar-refractivity contribution is -0.161. The number of aliphatic hydroxyl groups is 1. The van der Waals surface area contributed by atoms with E-state index < -0.39 is 97.5 Å². The third-order valence-corrected chi connectivity index (χ3v) is 17.3. The highest BCUT2D eigenvalue weighted by Gasteiger charge is 2.30. The standard InChI is InChI=1S/C85H136O17P2/c1-5-9-13-17-21-25-29-33-37-39-43-45-49-53-57-61-65-69-82(87)95-75-80(101-84(89)71-67-63-59-55-51-47-41-35-31-27-23-19-15-11-7-3)77-99-103(91,92)97-73-79(86)74-98-104(93,94)100-78-81(102-85(90)72-68-64-60-56-52-48-42-36-32-28-24-20-16-12-8-4)76-96-83(88)70-66-62-58-54-50-46-44-40-38-34-30-26-22-18-14-10-6-2/h9-16,21-28,33-38,41-43,45,52,56,64,68,79-81,86H,5-8,17-20,29-32,39-40,44,46-51,53-55,57-63,65-67,69-78H2,1-4H3,(H,91,92)(H,93,94)/b13-9-,14-10-,15-11-,16-12-,25-21-,26-22-,27-23-,28-24-,37-33-,38-34-,41-35-,42-36-,45-43-,56-52-,68-64-. The Kier molecular flexibility index (Phi) is 71.2. The van der Waals surface area contributed by atoms with E-state index in [1.165, 1.54) is 0 Å². The van der Waals surface area contributed by atoms with E-state index in [0.29, 0.717) is 25.7 Å². The number of rotatable bonds is 71. The summed E-state index contributed by atoms with van der Waals surface area (Å²) in [7, 11) is -10.0. The Hall–Kier alpha value is -5.84. The molecule has 0 aromatic heterocycles. The van der Waals surface area contributed by atoms with Gasteiger partial charge in [0, 0.05) is 19.3 Å². The summed E-state index contributed by atoms with van der Waals surface area (Å²) in [5.74, 6) is -2.40. The molecule has 5 atom stereocenters. The summed E-state index contributed by atoms with van der Waals surface area (Å²) >= 11 is 0. The molecule has 0 aliphatic carbocycles. The molecule has 17 nitrogen and oxygen atoms in total. The number of phosphoric ester groups is 2. The zero-order valence-electron chi connectivity index (χ0n) is 64.1. The number of esters is 4. The van der Waals surface area contributed by atoms with Crippen molar-refractivity contribution in [3.63, 3.8) is 0 Å². The van der Waals surface area contributed by atoms with Crippen LogP contribution in [0, 0.1) is 0 Å². The molecule has 0 fully saturated rings. The maximum absolute atomic E-state index is 13.1. The van der Waals surface area contributed by atoms with Gasteiger partial charge >= 0.3 is 39.5 Å². The van der Waals surface area contributed by atoms with Crippen molar-refractivity contribution in [2.45, 2.75) is 290 Å². The molecule has 0 saturated carbocycles. The number of phosphoric acid groups is 2. The van der Waals surface area contributed by atoms with E-state index in [2.05, 4.69) is 186 Å². The van der Waals surface area contributed by atoms with Crippen LogP contribution in [0.25, 0.3) is 0 Å². The van der Waals surface area contributed by atoms with Crippen LogP contribution in [0.15, 0.2) is 182 Å². The minimum Gasteiger partial charge on any atom is -0.462 e. The quantitative estimate of drug-likeness (QED) is 0.0169. The van der Waals surface area contributed by atoms with Gasteiger partial charge in [0.25, 0.3) is 0 Å². The van der Waals surface area contributed by atoms with Crippen LogP contribution in [0.2, 0.25) is 0 Å². The Morgan fingerprint density at radius 3 is 0.808 bits per heavy atom. The number of aliphatic hydroxyl groups excluding tert-OH is 1. The molecule has 0 aliphatic rings. The molecular weight excluding hydrogens is 1350 g/mol. The molecule has 0 spiro atoms. The molecule has 0 aromatic carbocycles. The van der Waals surface area contributed by atoms with Crippen molar-refractivity contribution in [3.8, 4) is 0 Å². The van der Waals surface area contributed by atoms with Gasteiger partial charge in [-0.3, -0.25) is 37.3 Å². The Balaban J connectivity index is 5.49. The van der Waals surface area contributed by atoms with Crippen molar-refractivity contribution in [2.75, 3.05) is 39.6 Å². The summed E-state index contributed by atoms with van der Waals surface area (Å²) in [6.07, 6.45) is 90.5. The minimum absolute atomic E-state index is 0.0603. The Morgan fingerprint density at radius 1 is 0.279 bits per heavy atom. The number of carbonyl (C=O) groups is 4. The van der Waals surface area contributed by atoms with E-state index in [1.54, 1.807) is 12.2 Å². The highest BCUT2D eigenvalue weighted by Crippen LogP contribution is 2.45. The molecule has 104 heavy (non-hydrogen) atoms. The van der Waals surface area contributed by atoms with Crippen LogP contribution in [-0.4, -0.2) is 96.7 Å². The van der Waals surface area contributed by atoms with Gasteiger partial charge in [0.05, 0.1) is 32.8 Å². The molecule has 0 aliphatic heterocycles. The van der Waals surface area contributed by atoms with Crippen LogP contribution in [-0.2, 0) is 65.4 Å². The minimum atomic E-state index is -5.01. The summed E-state index contributed by atoms with van der Waals surface area (Å²) in [5, 5.41) is 10.6. The van der Waals surface area contributed by atoms with Crippen LogP contribution in [0.5, 0.6) is 0 Å². The molecule has 0 bridgehead atoms. The molecule has 3 N–H and O–H groups in total. The average Bonchev–Trinajstić information content (AvgIpc) is 1.21. The second-order valence-electron chi connectivity index (χ2n) is 25.1. The van der Waals surface area contributed by atoms with Crippen molar-refractivity contribution in [2.24, 2.45) is 0 Å². The third kappa shape index (κ3) is 74.4. The fraction of sp³-hybridized carbons (Fsp3) is 0.600. The van der Waals surface area contributed by atoms with Gasteiger partial charge in [0.2, 0.25) is 0 Å². The van der Waals surface area contributed by atoms with Gasteiger partial charge in [0.15, 0.2) is 12.2 Å². The molecule has 588 valence electrons. The molecule has 0 rings (SSSR count). The summed E-state index contributed by atoms with van der Waals surface area (Å²) in [6, 6.07) is 0. The van der Waals surface area contributed by atoms with E-state index in [0.717, 1.165) is 193 Å². The first-order chi connectivity index (χ1) is 50.7. The molecule has 0 aromatic rings. The number of hydrogen-bond donors (Lipinski definition) is 3. The van der Waals surface area contributed by atoms with Gasteiger partial charge in [-0.25, -0.2) is 9.13 Å². The van der Waals surface area contributed by atoms with Gasteiger partial charge in [-0.15, -0.1) is 0 Å². The maximum atomic E-state index is 13.1. The normalized spacial score (nSPS) is 14.9. The van der Waals surface area contributed by atoms with Crippen molar-refractivity contribution in [3.05, 3.63) is 182 Å². The summed E-state index contributed by atoms with van der Waals surface area (Å²) in [6.45, 7) is 4.22. The smallest absolute Gasteiger partial charge is 0.462 e. The fourth-order valence-electron chi connectivity index (χ4n) is 9.61. The number of allylic oxidation sites excluding steroid dienone is 29. The van der Waals surface area contributed by atoms with Gasteiger partial charge in [0.1, 0.15) is 19.3 Å². The zero-order valence-corrected chi connectivity index (χ0v) is 65.9. The first-order valence-electron chi connectivity index (χ1n) is 39.0. The first-order valence-corrected chi connectivity index (χ1v) is 42.0. The second-order valence-corrected chi connectivity index (χ2v) is 28.0. The molecular formula is C85H136O17P2. The number of ether oxygens (including phenoxy) is 4. The molecule has 0 radical (unpaired) electrons. The lowest BCUT2D eigenvalue weighted by Gasteiger charge is -2.21. The zero-order chi connectivity index (χ0) is 76.0. The van der Waals surface area contributed by atoms with E-state index in [-0.39, 0.29) is 25.7 Å². The average molecular weight is 1490 g/mol. The second kappa shape index (κ2) is 75.4. The SMILES string of the molecule is CC/C=C\C/C=C\C/C=C\C/C=C\C/C=C\CC(=O)OC(COC(=O)CCCCCCCCC/C=C\C/C=C\C/C=C\CC)COP(=O)(O)OCC(O)COP(=O)(O)OCC(COC(=O)CCCCCC/C=C\C/C=C\C/C=C\C/C=C\CC)OC(=O)CCCCCCC/C=C\C/C=C\C/C=C\CC. The Labute approximate surface area is 628 Å². The predicted octanol–water partition coefficient (Wildman–Crippen LogP) is 22.8. The summed E-state index contributed by atoms with van der Waals surface area (Å²) in [5.41, 5.74) is 0. The van der Waals surface area contributed by atoms with Gasteiger partial charge in [-0.2, -0.15) is 0 Å².